The third-order valence-electron chi connectivity index (χ3n) is 3.99. The van der Waals surface area contributed by atoms with Gasteiger partial charge in [0.25, 0.3) is 0 Å². The van der Waals surface area contributed by atoms with Crippen molar-refractivity contribution in [1.82, 2.24) is 14.8 Å². The molecule has 0 bridgehead atoms. The summed E-state index contributed by atoms with van der Waals surface area (Å²) in [6, 6.07) is 4.49. The van der Waals surface area contributed by atoms with E-state index >= 15 is 0 Å². The average molecular weight is 265 g/mol. The second kappa shape index (κ2) is 4.63. The lowest BCUT2D eigenvalue weighted by molar-refractivity contribution is -0.135. The third-order valence-corrected chi connectivity index (χ3v) is 4.93. The fourth-order valence-electron chi connectivity index (χ4n) is 2.88. The molecule has 0 aromatic carbocycles. The van der Waals surface area contributed by atoms with Crippen LogP contribution in [0.4, 0.5) is 0 Å². The van der Waals surface area contributed by atoms with Gasteiger partial charge < -0.3 is 9.47 Å². The Hall–Kier alpha value is -0.940. The van der Waals surface area contributed by atoms with Gasteiger partial charge in [0.15, 0.2) is 0 Å². The van der Waals surface area contributed by atoms with Gasteiger partial charge in [-0.05, 0) is 26.0 Å². The van der Waals surface area contributed by atoms with Gasteiger partial charge in [-0.1, -0.05) is 0 Å². The van der Waals surface area contributed by atoms with Crippen molar-refractivity contribution in [2.24, 2.45) is 0 Å². The van der Waals surface area contributed by atoms with Gasteiger partial charge >= 0.3 is 0 Å². The lowest BCUT2D eigenvalue weighted by Crippen LogP contribution is -2.49. The maximum absolute atomic E-state index is 12.5. The summed E-state index contributed by atoms with van der Waals surface area (Å²) < 4.78 is 2.32. The number of carbonyl (C=O) groups excluding carboxylic acids is 1. The van der Waals surface area contributed by atoms with E-state index in [0.717, 1.165) is 24.7 Å². The summed E-state index contributed by atoms with van der Waals surface area (Å²) in [6.07, 6.45) is 0. The molecule has 0 spiro atoms. The van der Waals surface area contributed by atoms with Crippen molar-refractivity contribution in [2.45, 2.75) is 32.5 Å². The maximum atomic E-state index is 12.5. The summed E-state index contributed by atoms with van der Waals surface area (Å²) in [6.45, 7) is 6.00. The standard InChI is InChI=1S/C13H19N3OS/c1-9-3-4-12-10(2)16(6-5-15(9)12)13(17)11-7-18-8-14-11/h3-4,10-11,14H,5-8H2,1-2H3. The molecule has 2 aliphatic rings. The molecule has 0 aliphatic carbocycles. The van der Waals surface area contributed by atoms with E-state index in [2.05, 4.69) is 35.9 Å². The smallest absolute Gasteiger partial charge is 0.241 e. The van der Waals surface area contributed by atoms with E-state index in [0.29, 0.717) is 0 Å². The summed E-state index contributed by atoms with van der Waals surface area (Å²) in [5, 5.41) is 3.27. The molecule has 3 heterocycles. The molecule has 3 rings (SSSR count). The molecule has 1 fully saturated rings. The molecule has 1 saturated heterocycles. The third kappa shape index (κ3) is 1.86. The van der Waals surface area contributed by atoms with E-state index in [1.165, 1.54) is 11.4 Å². The van der Waals surface area contributed by atoms with E-state index in [1.807, 2.05) is 4.90 Å². The number of thioether (sulfide) groups is 1. The van der Waals surface area contributed by atoms with Crippen LogP contribution in [0.5, 0.6) is 0 Å². The highest BCUT2D eigenvalue weighted by atomic mass is 32.2. The Morgan fingerprint density at radius 1 is 1.44 bits per heavy atom. The molecule has 0 radical (unpaired) electrons. The van der Waals surface area contributed by atoms with E-state index in [1.54, 1.807) is 11.8 Å². The van der Waals surface area contributed by atoms with Crippen LogP contribution in [0, 0.1) is 6.92 Å². The Kier molecular flexibility index (Phi) is 3.11. The molecule has 1 N–H and O–H groups in total. The van der Waals surface area contributed by atoms with E-state index in [9.17, 15) is 4.79 Å². The lowest BCUT2D eigenvalue weighted by atomic mass is 10.1. The lowest BCUT2D eigenvalue weighted by Gasteiger charge is -2.36. The van der Waals surface area contributed by atoms with Crippen molar-refractivity contribution in [1.29, 1.82) is 0 Å². The predicted octanol–water partition coefficient (Wildman–Crippen LogP) is 1.36. The van der Waals surface area contributed by atoms with Gasteiger partial charge in [0.2, 0.25) is 5.91 Å². The number of nitrogens with zero attached hydrogens (tertiary/aromatic N) is 2. The van der Waals surface area contributed by atoms with Crippen LogP contribution in [0.15, 0.2) is 12.1 Å². The Morgan fingerprint density at radius 2 is 2.28 bits per heavy atom. The summed E-state index contributed by atoms with van der Waals surface area (Å²) in [5.41, 5.74) is 2.55. The van der Waals surface area contributed by atoms with Crippen LogP contribution in [0.2, 0.25) is 0 Å². The first-order valence-electron chi connectivity index (χ1n) is 6.46. The zero-order valence-electron chi connectivity index (χ0n) is 10.8. The minimum atomic E-state index is 0.0139. The Morgan fingerprint density at radius 3 is 3.00 bits per heavy atom. The van der Waals surface area contributed by atoms with Gasteiger partial charge in [-0.25, -0.2) is 0 Å². The van der Waals surface area contributed by atoms with Crippen LogP contribution in [0.1, 0.15) is 24.4 Å². The van der Waals surface area contributed by atoms with Gasteiger partial charge in [-0.15, -0.1) is 11.8 Å². The molecule has 1 aromatic rings. The summed E-state index contributed by atoms with van der Waals surface area (Å²) in [7, 11) is 0. The number of aryl methyl sites for hydroxylation is 1. The molecule has 1 amide bonds. The molecule has 4 nitrogen and oxygen atoms in total. The van der Waals surface area contributed by atoms with Crippen LogP contribution in [0.25, 0.3) is 0 Å². The highest BCUT2D eigenvalue weighted by Gasteiger charge is 2.33. The second-order valence-corrected chi connectivity index (χ2v) is 6.06. The highest BCUT2D eigenvalue weighted by molar-refractivity contribution is 7.99. The first-order valence-corrected chi connectivity index (χ1v) is 7.61. The molecule has 2 unspecified atom stereocenters. The zero-order chi connectivity index (χ0) is 12.7. The van der Waals surface area contributed by atoms with Crippen molar-refractivity contribution in [3.05, 3.63) is 23.5 Å². The van der Waals surface area contributed by atoms with Gasteiger partial charge in [0, 0.05) is 36.1 Å². The van der Waals surface area contributed by atoms with Crippen LogP contribution in [-0.2, 0) is 11.3 Å². The van der Waals surface area contributed by atoms with E-state index < -0.39 is 0 Å². The number of rotatable bonds is 1. The number of aromatic nitrogens is 1. The molecule has 5 heteroatoms. The van der Waals surface area contributed by atoms with Gasteiger partial charge in [0.1, 0.15) is 0 Å². The number of hydrogen-bond acceptors (Lipinski definition) is 3. The number of amides is 1. The normalized spacial score (nSPS) is 27.3. The number of hydrogen-bond donors (Lipinski definition) is 1. The molecule has 2 aliphatic heterocycles. The van der Waals surface area contributed by atoms with Crippen molar-refractivity contribution < 1.29 is 4.79 Å². The fourth-order valence-corrected chi connectivity index (χ4v) is 3.81. The number of nitrogens with one attached hydrogen (secondary N) is 1. The SMILES string of the molecule is Cc1ccc2n1CCN(C(=O)C1CSCN1)C2C. The molecular weight excluding hydrogens is 246 g/mol. The van der Waals surface area contributed by atoms with Gasteiger partial charge in [0.05, 0.1) is 12.1 Å². The predicted molar refractivity (Wildman–Crippen MR) is 73.5 cm³/mol. The molecule has 2 atom stereocenters. The Balaban J connectivity index is 1.81. The molecule has 18 heavy (non-hydrogen) atoms. The first kappa shape index (κ1) is 12.1. The van der Waals surface area contributed by atoms with E-state index in [-0.39, 0.29) is 18.0 Å². The Labute approximate surface area is 112 Å². The quantitative estimate of drug-likeness (QED) is 0.833. The molecule has 0 saturated carbocycles. The first-order chi connectivity index (χ1) is 8.68. The largest absolute Gasteiger partial charge is 0.345 e. The topological polar surface area (TPSA) is 37.3 Å². The van der Waals surface area contributed by atoms with Crippen molar-refractivity contribution in [3.8, 4) is 0 Å². The maximum Gasteiger partial charge on any atom is 0.241 e. The van der Waals surface area contributed by atoms with Gasteiger partial charge in [-0.3, -0.25) is 10.1 Å². The Bertz CT molecular complexity index is 465. The fraction of sp³-hybridized carbons (Fsp3) is 0.615. The summed E-state index contributed by atoms with van der Waals surface area (Å²) in [5.74, 6) is 2.06. The number of fused-ring (bicyclic) bond motifs is 1. The molecular formula is C13H19N3OS. The minimum Gasteiger partial charge on any atom is -0.345 e. The van der Waals surface area contributed by atoms with Crippen molar-refractivity contribution in [2.75, 3.05) is 18.2 Å². The molecule has 1 aromatic heterocycles. The highest BCUT2D eigenvalue weighted by Crippen LogP contribution is 2.28. The summed E-state index contributed by atoms with van der Waals surface area (Å²) >= 11 is 1.80. The van der Waals surface area contributed by atoms with Crippen LogP contribution < -0.4 is 5.32 Å². The van der Waals surface area contributed by atoms with E-state index in [4.69, 9.17) is 0 Å². The zero-order valence-corrected chi connectivity index (χ0v) is 11.7. The van der Waals surface area contributed by atoms with Crippen LogP contribution in [0.3, 0.4) is 0 Å². The second-order valence-electron chi connectivity index (χ2n) is 5.03. The monoisotopic (exact) mass is 265 g/mol. The average Bonchev–Trinajstić information content (AvgIpc) is 2.99. The van der Waals surface area contributed by atoms with Crippen LogP contribution in [-0.4, -0.2) is 39.6 Å². The van der Waals surface area contributed by atoms with Crippen molar-refractivity contribution in [3.63, 3.8) is 0 Å². The van der Waals surface area contributed by atoms with Crippen LogP contribution >= 0.6 is 11.8 Å². The summed E-state index contributed by atoms with van der Waals surface area (Å²) in [4.78, 5) is 14.5. The minimum absolute atomic E-state index is 0.0139. The van der Waals surface area contributed by atoms with Gasteiger partial charge in [-0.2, -0.15) is 0 Å². The molecule has 98 valence electrons. The van der Waals surface area contributed by atoms with Crippen molar-refractivity contribution >= 4 is 17.7 Å². The number of carbonyl (C=O) groups is 1.